The number of hydrogen-bond acceptors (Lipinski definition) is 7. The number of fused-ring (bicyclic) bond motifs is 2. The normalized spacial score (nSPS) is 30.2. The Bertz CT molecular complexity index is 748. The van der Waals surface area contributed by atoms with E-state index in [1.807, 2.05) is 6.92 Å². The van der Waals surface area contributed by atoms with Crippen LogP contribution in [0.1, 0.15) is 42.2 Å². The topological polar surface area (TPSA) is 97.1 Å². The van der Waals surface area contributed by atoms with Crippen LogP contribution in [0.4, 0.5) is 0 Å². The maximum absolute atomic E-state index is 13.3. The highest BCUT2D eigenvalue weighted by Gasteiger charge is 2.56. The van der Waals surface area contributed by atoms with Crippen molar-refractivity contribution in [2.75, 3.05) is 21.3 Å². The van der Waals surface area contributed by atoms with E-state index < -0.39 is 24.0 Å². The van der Waals surface area contributed by atoms with Crippen LogP contribution in [-0.2, 0) is 4.74 Å². The van der Waals surface area contributed by atoms with E-state index in [-0.39, 0.29) is 39.4 Å². The van der Waals surface area contributed by atoms with E-state index >= 15 is 0 Å². The number of benzene rings is 1. The summed E-state index contributed by atoms with van der Waals surface area (Å²) in [5, 5.41) is 12.1. The fourth-order valence-corrected chi connectivity index (χ4v) is 4.46. The lowest BCUT2D eigenvalue weighted by Gasteiger charge is -2.43. The van der Waals surface area contributed by atoms with Gasteiger partial charge >= 0.3 is 0 Å². The third-order valence-electron chi connectivity index (χ3n) is 5.39. The summed E-state index contributed by atoms with van der Waals surface area (Å²) < 4.78 is 21.9. The Morgan fingerprint density at radius 2 is 1.81 bits per heavy atom. The third kappa shape index (κ3) is 2.59. The summed E-state index contributed by atoms with van der Waals surface area (Å²) in [6.07, 6.45) is -0.152. The molecule has 0 radical (unpaired) electrons. The van der Waals surface area contributed by atoms with E-state index in [0.29, 0.717) is 12.2 Å². The molecule has 1 aliphatic heterocycles. The van der Waals surface area contributed by atoms with Crippen molar-refractivity contribution in [2.45, 2.75) is 38.5 Å². The zero-order valence-corrected chi connectivity index (χ0v) is 15.5. The van der Waals surface area contributed by atoms with Crippen LogP contribution in [0.25, 0.3) is 0 Å². The number of rotatable bonds is 4. The average molecular weight is 365 g/mol. The molecule has 8 nitrogen and oxygen atoms in total. The van der Waals surface area contributed by atoms with Crippen LogP contribution in [0, 0.1) is 22.0 Å². The van der Waals surface area contributed by atoms with Crippen LogP contribution >= 0.6 is 0 Å². The number of carbonyl (C=O) groups excluding carboxylic acids is 1. The molecule has 0 amide bonds. The highest BCUT2D eigenvalue weighted by Crippen LogP contribution is 2.54. The molecule has 0 N–H and O–H groups in total. The second-order valence-corrected chi connectivity index (χ2v) is 6.77. The van der Waals surface area contributed by atoms with Gasteiger partial charge in [-0.05, 0) is 20.3 Å². The molecule has 8 heteroatoms. The predicted octanol–water partition coefficient (Wildman–Crippen LogP) is 2.66. The van der Waals surface area contributed by atoms with Crippen LogP contribution in [0.15, 0.2) is 6.07 Å². The highest BCUT2D eigenvalue weighted by atomic mass is 16.6. The van der Waals surface area contributed by atoms with Gasteiger partial charge < -0.3 is 18.9 Å². The first-order valence-corrected chi connectivity index (χ1v) is 8.51. The predicted molar refractivity (Wildman–Crippen MR) is 91.8 cm³/mol. The van der Waals surface area contributed by atoms with Gasteiger partial charge in [-0.15, -0.1) is 0 Å². The maximum Gasteiger partial charge on any atom is 0.246 e. The lowest BCUT2D eigenvalue weighted by molar-refractivity contribution is -0.543. The second-order valence-electron chi connectivity index (χ2n) is 6.77. The monoisotopic (exact) mass is 365 g/mol. The van der Waals surface area contributed by atoms with E-state index in [2.05, 4.69) is 0 Å². The fraction of sp³-hybridized carbons (Fsp3) is 0.611. The van der Waals surface area contributed by atoms with Crippen molar-refractivity contribution in [2.24, 2.45) is 11.8 Å². The Balaban J connectivity index is 2.34. The molecular formula is C18H23NO7. The molecule has 3 rings (SSSR count). The number of ketones is 1. The summed E-state index contributed by atoms with van der Waals surface area (Å²) in [6.45, 7) is 3.66. The minimum atomic E-state index is -1.10. The van der Waals surface area contributed by atoms with Crippen molar-refractivity contribution in [3.8, 4) is 17.2 Å². The Hall–Kier alpha value is -2.35. The average Bonchev–Trinajstić information content (AvgIpc) is 2.59. The van der Waals surface area contributed by atoms with E-state index in [1.54, 1.807) is 6.92 Å². The Kier molecular flexibility index (Phi) is 4.79. The molecule has 1 aromatic carbocycles. The van der Waals surface area contributed by atoms with Gasteiger partial charge in [0.25, 0.3) is 0 Å². The maximum atomic E-state index is 13.3. The van der Waals surface area contributed by atoms with Gasteiger partial charge in [-0.3, -0.25) is 14.9 Å². The Morgan fingerprint density at radius 3 is 2.35 bits per heavy atom. The van der Waals surface area contributed by atoms with Crippen molar-refractivity contribution in [3.63, 3.8) is 0 Å². The molecule has 1 aliphatic carbocycles. The minimum absolute atomic E-state index is 0.165. The molecule has 1 fully saturated rings. The SMILES string of the molecule is COc1cc(OC)c2c(c1OC)[C@H]([N+](=O)[O-])[C@H]1C[C@H](C)O[C@H](C)[C@H]1C2=O. The van der Waals surface area contributed by atoms with Crippen LogP contribution in [-0.4, -0.2) is 44.2 Å². The number of ether oxygens (including phenoxy) is 4. The van der Waals surface area contributed by atoms with Crippen LogP contribution in [0.2, 0.25) is 0 Å². The molecule has 0 unspecified atom stereocenters. The van der Waals surface area contributed by atoms with Crippen molar-refractivity contribution >= 4 is 5.78 Å². The summed E-state index contributed by atoms with van der Waals surface area (Å²) in [4.78, 5) is 25.0. The van der Waals surface area contributed by atoms with Crippen molar-refractivity contribution in [1.82, 2.24) is 0 Å². The number of hydrogen-bond donors (Lipinski definition) is 0. The quantitative estimate of drug-likeness (QED) is 0.597. The van der Waals surface area contributed by atoms with Crippen molar-refractivity contribution in [3.05, 3.63) is 27.3 Å². The molecule has 0 spiro atoms. The summed E-state index contributed by atoms with van der Waals surface area (Å²) in [7, 11) is 4.27. The lowest BCUT2D eigenvalue weighted by atomic mass is 9.66. The van der Waals surface area contributed by atoms with Gasteiger partial charge in [-0.1, -0.05) is 0 Å². The molecule has 1 aromatic rings. The molecule has 26 heavy (non-hydrogen) atoms. The van der Waals surface area contributed by atoms with E-state index in [4.69, 9.17) is 18.9 Å². The van der Waals surface area contributed by atoms with E-state index in [0.717, 1.165) is 0 Å². The Labute approximate surface area is 151 Å². The number of nitro groups is 1. The summed E-state index contributed by atoms with van der Waals surface area (Å²) in [5.74, 6) is -0.521. The first-order valence-electron chi connectivity index (χ1n) is 8.51. The van der Waals surface area contributed by atoms with Gasteiger partial charge in [0.15, 0.2) is 17.3 Å². The molecule has 0 bridgehead atoms. The largest absolute Gasteiger partial charge is 0.496 e. The first-order chi connectivity index (χ1) is 12.3. The van der Waals surface area contributed by atoms with E-state index in [1.165, 1.54) is 27.4 Å². The molecule has 1 saturated heterocycles. The van der Waals surface area contributed by atoms with Gasteiger partial charge in [0.1, 0.15) is 5.75 Å². The van der Waals surface area contributed by atoms with Gasteiger partial charge in [0.2, 0.25) is 6.04 Å². The molecular weight excluding hydrogens is 342 g/mol. The van der Waals surface area contributed by atoms with Gasteiger partial charge in [0, 0.05) is 16.9 Å². The Morgan fingerprint density at radius 1 is 1.15 bits per heavy atom. The first kappa shape index (κ1) is 18.4. The molecule has 0 aromatic heterocycles. The second kappa shape index (κ2) is 6.75. The summed E-state index contributed by atoms with van der Waals surface area (Å²) in [6, 6.07) is 0.435. The fourth-order valence-electron chi connectivity index (χ4n) is 4.46. The molecule has 1 heterocycles. The third-order valence-corrected chi connectivity index (χ3v) is 5.39. The number of methoxy groups -OCH3 is 3. The van der Waals surface area contributed by atoms with E-state index in [9.17, 15) is 14.9 Å². The smallest absolute Gasteiger partial charge is 0.246 e. The number of carbonyl (C=O) groups is 1. The summed E-state index contributed by atoms with van der Waals surface area (Å²) in [5.41, 5.74) is 0.430. The van der Waals surface area contributed by atoms with Crippen LogP contribution in [0.5, 0.6) is 17.2 Å². The zero-order chi connectivity index (χ0) is 19.2. The molecule has 142 valence electrons. The van der Waals surface area contributed by atoms with Crippen molar-refractivity contribution < 1.29 is 28.7 Å². The molecule has 2 aliphatic rings. The van der Waals surface area contributed by atoms with Gasteiger partial charge in [-0.2, -0.15) is 0 Å². The minimum Gasteiger partial charge on any atom is -0.496 e. The van der Waals surface area contributed by atoms with Gasteiger partial charge in [-0.25, -0.2) is 0 Å². The standard InChI is InChI=1S/C18H23NO7/c1-8-6-10-13(9(2)26-8)17(20)14-11(23-3)7-12(24-4)18(25-5)15(14)16(10)19(21)22/h7-10,13,16H,6H2,1-5H3/t8-,9+,10-,13+,16+/m0/s1. The number of nitrogens with zero attached hydrogens (tertiary/aromatic N) is 1. The molecule has 0 saturated carbocycles. The van der Waals surface area contributed by atoms with Crippen LogP contribution in [0.3, 0.4) is 0 Å². The lowest BCUT2D eigenvalue weighted by Crippen LogP contribution is -2.49. The molecule has 5 atom stereocenters. The number of Topliss-reactive ketones (excluding diaryl/α,β-unsaturated/α-hetero) is 1. The van der Waals surface area contributed by atoms with Gasteiger partial charge in [0.05, 0.1) is 50.6 Å². The highest BCUT2D eigenvalue weighted by molar-refractivity contribution is 6.04. The zero-order valence-electron chi connectivity index (χ0n) is 15.5. The van der Waals surface area contributed by atoms with Crippen LogP contribution < -0.4 is 14.2 Å². The van der Waals surface area contributed by atoms with Crippen molar-refractivity contribution in [1.29, 1.82) is 0 Å². The summed E-state index contributed by atoms with van der Waals surface area (Å²) >= 11 is 0.